The lowest BCUT2D eigenvalue weighted by Crippen LogP contribution is -1.91. The molecule has 0 amide bonds. The largest absolute Gasteiger partial charge is 0.497 e. The Morgan fingerprint density at radius 1 is 1.25 bits per heavy atom. The van der Waals surface area contributed by atoms with E-state index in [9.17, 15) is 4.39 Å². The highest BCUT2D eigenvalue weighted by molar-refractivity contribution is 5.67. The third-order valence-electron chi connectivity index (χ3n) is 2.24. The minimum Gasteiger partial charge on any atom is -0.497 e. The van der Waals surface area contributed by atoms with Crippen LogP contribution in [0.1, 0.15) is 0 Å². The van der Waals surface area contributed by atoms with Crippen molar-refractivity contribution in [2.75, 3.05) is 12.8 Å². The number of nitrogen functional groups attached to an aromatic ring is 1. The second-order valence-corrected chi connectivity index (χ2v) is 3.35. The normalized spacial score (nSPS) is 10.1. The van der Waals surface area contributed by atoms with Crippen LogP contribution in [-0.4, -0.2) is 12.1 Å². The maximum atomic E-state index is 13.6. The molecule has 3 nitrogen and oxygen atoms in total. The number of nitrogens with two attached hydrogens (primary N) is 1. The van der Waals surface area contributed by atoms with Crippen LogP contribution in [0, 0.1) is 5.82 Å². The Bertz CT molecular complexity index is 514. The summed E-state index contributed by atoms with van der Waals surface area (Å²) in [7, 11) is 1.54. The molecule has 2 N–H and O–H groups in total. The van der Waals surface area contributed by atoms with Crippen LogP contribution >= 0.6 is 0 Å². The van der Waals surface area contributed by atoms with Gasteiger partial charge in [0, 0.05) is 23.5 Å². The molecular formula is C12H11FN2O. The van der Waals surface area contributed by atoms with Crippen molar-refractivity contribution in [3.8, 4) is 16.9 Å². The van der Waals surface area contributed by atoms with Crippen molar-refractivity contribution in [1.29, 1.82) is 0 Å². The molecule has 0 radical (unpaired) electrons. The van der Waals surface area contributed by atoms with Crippen molar-refractivity contribution in [3.05, 3.63) is 42.5 Å². The predicted molar refractivity (Wildman–Crippen MR) is 60.6 cm³/mol. The number of methoxy groups -OCH3 is 1. The number of aromatic nitrogens is 1. The Kier molecular flexibility index (Phi) is 2.72. The zero-order valence-electron chi connectivity index (χ0n) is 8.77. The summed E-state index contributed by atoms with van der Waals surface area (Å²) in [4.78, 5) is 3.92. The Morgan fingerprint density at radius 2 is 2.06 bits per heavy atom. The average Bonchev–Trinajstić information content (AvgIpc) is 2.30. The Hall–Kier alpha value is -2.10. The molecule has 1 heterocycles. The van der Waals surface area contributed by atoms with E-state index >= 15 is 0 Å². The van der Waals surface area contributed by atoms with Crippen LogP contribution < -0.4 is 10.5 Å². The fourth-order valence-electron chi connectivity index (χ4n) is 1.46. The van der Waals surface area contributed by atoms with E-state index < -0.39 is 0 Å². The molecule has 1 aromatic carbocycles. The third-order valence-corrected chi connectivity index (χ3v) is 2.24. The van der Waals surface area contributed by atoms with Gasteiger partial charge in [0.05, 0.1) is 12.8 Å². The van der Waals surface area contributed by atoms with Crippen LogP contribution in [0.25, 0.3) is 11.1 Å². The molecule has 0 unspecified atom stereocenters. The molecule has 0 aliphatic heterocycles. The van der Waals surface area contributed by atoms with Gasteiger partial charge in [-0.3, -0.25) is 4.98 Å². The molecule has 82 valence electrons. The van der Waals surface area contributed by atoms with Gasteiger partial charge in [-0.1, -0.05) is 0 Å². The lowest BCUT2D eigenvalue weighted by molar-refractivity contribution is 0.414. The lowest BCUT2D eigenvalue weighted by atomic mass is 10.1. The number of halogens is 1. The van der Waals surface area contributed by atoms with Gasteiger partial charge in [-0.05, 0) is 24.3 Å². The van der Waals surface area contributed by atoms with E-state index in [1.807, 2.05) is 0 Å². The summed E-state index contributed by atoms with van der Waals surface area (Å²) in [6.45, 7) is 0. The van der Waals surface area contributed by atoms with Crippen molar-refractivity contribution in [2.24, 2.45) is 0 Å². The highest BCUT2D eigenvalue weighted by atomic mass is 19.1. The van der Waals surface area contributed by atoms with Crippen molar-refractivity contribution in [3.63, 3.8) is 0 Å². The van der Waals surface area contributed by atoms with E-state index in [0.29, 0.717) is 22.6 Å². The number of anilines is 1. The fraction of sp³-hybridized carbons (Fsp3) is 0.0833. The van der Waals surface area contributed by atoms with Crippen molar-refractivity contribution < 1.29 is 9.13 Å². The molecule has 4 heteroatoms. The first-order valence-corrected chi connectivity index (χ1v) is 4.75. The summed E-state index contributed by atoms with van der Waals surface area (Å²) >= 11 is 0. The monoisotopic (exact) mass is 218 g/mol. The standard InChI is InChI=1S/C12H11FN2O/c1-16-10-2-3-12(13)11(5-10)8-4-9(14)7-15-6-8/h2-7H,14H2,1H3. The summed E-state index contributed by atoms with van der Waals surface area (Å²) in [5, 5.41) is 0. The minimum atomic E-state index is -0.326. The number of hydrogen-bond donors (Lipinski definition) is 1. The molecule has 0 saturated heterocycles. The Labute approximate surface area is 92.7 Å². The van der Waals surface area contributed by atoms with Gasteiger partial charge < -0.3 is 10.5 Å². The van der Waals surface area contributed by atoms with E-state index in [2.05, 4.69) is 4.98 Å². The van der Waals surface area contributed by atoms with Gasteiger partial charge in [0.2, 0.25) is 0 Å². The van der Waals surface area contributed by atoms with E-state index in [0.717, 1.165) is 0 Å². The van der Waals surface area contributed by atoms with Crippen molar-refractivity contribution in [1.82, 2.24) is 4.98 Å². The highest BCUT2D eigenvalue weighted by Gasteiger charge is 2.07. The molecule has 16 heavy (non-hydrogen) atoms. The Balaban J connectivity index is 2.54. The van der Waals surface area contributed by atoms with Crippen LogP contribution in [0.3, 0.4) is 0 Å². The Morgan fingerprint density at radius 3 is 2.75 bits per heavy atom. The number of hydrogen-bond acceptors (Lipinski definition) is 3. The summed E-state index contributed by atoms with van der Waals surface area (Å²) in [6.07, 6.45) is 3.08. The molecule has 0 spiro atoms. The molecule has 0 aliphatic rings. The van der Waals surface area contributed by atoms with Gasteiger partial charge in [-0.15, -0.1) is 0 Å². The van der Waals surface area contributed by atoms with Gasteiger partial charge in [-0.25, -0.2) is 4.39 Å². The van der Waals surface area contributed by atoms with Gasteiger partial charge in [0.25, 0.3) is 0 Å². The van der Waals surface area contributed by atoms with Crippen molar-refractivity contribution >= 4 is 5.69 Å². The number of pyridine rings is 1. The second-order valence-electron chi connectivity index (χ2n) is 3.35. The molecule has 2 rings (SSSR count). The number of nitrogens with zero attached hydrogens (tertiary/aromatic N) is 1. The number of rotatable bonds is 2. The summed E-state index contributed by atoms with van der Waals surface area (Å²) in [5.74, 6) is 0.270. The maximum absolute atomic E-state index is 13.6. The van der Waals surface area contributed by atoms with Crippen LogP contribution in [0.15, 0.2) is 36.7 Å². The van der Waals surface area contributed by atoms with E-state index in [4.69, 9.17) is 10.5 Å². The highest BCUT2D eigenvalue weighted by Crippen LogP contribution is 2.27. The quantitative estimate of drug-likeness (QED) is 0.842. The molecule has 1 aromatic heterocycles. The molecule has 0 atom stereocenters. The van der Waals surface area contributed by atoms with Crippen LogP contribution in [0.4, 0.5) is 10.1 Å². The first-order valence-electron chi connectivity index (χ1n) is 4.75. The fourth-order valence-corrected chi connectivity index (χ4v) is 1.46. The second kappa shape index (κ2) is 4.18. The van der Waals surface area contributed by atoms with Crippen LogP contribution in [0.5, 0.6) is 5.75 Å². The van der Waals surface area contributed by atoms with Gasteiger partial charge in [0.1, 0.15) is 11.6 Å². The van der Waals surface area contributed by atoms with Gasteiger partial charge in [0.15, 0.2) is 0 Å². The minimum absolute atomic E-state index is 0.326. The van der Waals surface area contributed by atoms with Gasteiger partial charge >= 0.3 is 0 Å². The third kappa shape index (κ3) is 1.95. The SMILES string of the molecule is COc1ccc(F)c(-c2cncc(N)c2)c1. The van der Waals surface area contributed by atoms with Crippen LogP contribution in [0.2, 0.25) is 0 Å². The van der Waals surface area contributed by atoms with Gasteiger partial charge in [-0.2, -0.15) is 0 Å². The summed E-state index contributed by atoms with van der Waals surface area (Å²) < 4.78 is 18.6. The van der Waals surface area contributed by atoms with E-state index in [-0.39, 0.29) is 5.82 Å². The number of ether oxygens (including phenoxy) is 1. The zero-order chi connectivity index (χ0) is 11.5. The molecule has 0 fully saturated rings. The first kappa shape index (κ1) is 10.4. The average molecular weight is 218 g/mol. The summed E-state index contributed by atoms with van der Waals surface area (Å²) in [6, 6.07) is 6.21. The molecule has 0 bridgehead atoms. The van der Waals surface area contributed by atoms with E-state index in [1.54, 1.807) is 24.4 Å². The lowest BCUT2D eigenvalue weighted by Gasteiger charge is -2.06. The topological polar surface area (TPSA) is 48.1 Å². The van der Waals surface area contributed by atoms with Crippen LogP contribution in [-0.2, 0) is 0 Å². The summed E-state index contributed by atoms with van der Waals surface area (Å²) in [5.41, 5.74) is 7.17. The smallest absolute Gasteiger partial charge is 0.131 e. The number of benzene rings is 1. The zero-order valence-corrected chi connectivity index (χ0v) is 8.77. The molecule has 2 aromatic rings. The predicted octanol–water partition coefficient (Wildman–Crippen LogP) is 2.48. The molecular weight excluding hydrogens is 207 g/mol. The maximum Gasteiger partial charge on any atom is 0.131 e. The molecule has 0 saturated carbocycles. The van der Waals surface area contributed by atoms with Crippen molar-refractivity contribution in [2.45, 2.75) is 0 Å². The first-order chi connectivity index (χ1) is 7.70. The molecule has 0 aliphatic carbocycles. The van der Waals surface area contributed by atoms with E-state index in [1.165, 1.54) is 19.4 Å².